The van der Waals surface area contributed by atoms with Crippen molar-refractivity contribution in [1.82, 2.24) is 4.90 Å². The Balaban J connectivity index is 5.07. The normalized spacial score (nSPS) is 8.92. The summed E-state index contributed by atoms with van der Waals surface area (Å²) in [5, 5.41) is 0. The molecule has 0 spiro atoms. The minimum absolute atomic E-state index is 0.221. The Morgan fingerprint density at radius 3 is 1.29 bits per heavy atom. The smallest absolute Gasteiger partial charge is 0.299 e. The largest absolute Gasteiger partial charge is 0.418 e. The molecule has 0 saturated carbocycles. The van der Waals surface area contributed by atoms with Gasteiger partial charge < -0.3 is 13.8 Å². The Morgan fingerprint density at radius 2 is 0.947 bits per heavy atom. The predicted molar refractivity (Wildman–Crippen MR) is 162 cm³/mol. The van der Waals surface area contributed by atoms with Gasteiger partial charge in [-0.25, -0.2) is 0 Å². The van der Waals surface area contributed by atoms with Crippen LogP contribution < -0.4 is 0 Å². The van der Waals surface area contributed by atoms with Gasteiger partial charge in [-0.1, -0.05) is 5.92 Å². The van der Waals surface area contributed by atoms with E-state index in [1.165, 1.54) is 0 Å². The van der Waals surface area contributed by atoms with E-state index in [1.807, 2.05) is 18.7 Å². The highest BCUT2D eigenvalue weighted by Gasteiger charge is 2.24. The third kappa shape index (κ3) is 20.5. The molecular weight excluding hydrogens is 503 g/mol. The first-order valence-corrected chi connectivity index (χ1v) is 18.9. The van der Waals surface area contributed by atoms with E-state index in [1.54, 1.807) is 6.92 Å². The summed E-state index contributed by atoms with van der Waals surface area (Å²) in [7, 11) is -3.40. The Morgan fingerprint density at radius 1 is 0.605 bits per heavy atom. The van der Waals surface area contributed by atoms with Crippen molar-refractivity contribution in [3.63, 3.8) is 0 Å². The number of amides is 1. The molecule has 38 heavy (non-hydrogen) atoms. The highest BCUT2D eigenvalue weighted by molar-refractivity contribution is 6.71. The average Bonchev–Trinajstić information content (AvgIpc) is 2.85. The van der Waals surface area contributed by atoms with Crippen LogP contribution in [0.4, 0.5) is 0 Å². The second-order valence-corrected chi connectivity index (χ2v) is 17.6. The molecule has 0 fully saturated rings. The summed E-state index contributed by atoms with van der Waals surface area (Å²) >= 11 is 0. The van der Waals surface area contributed by atoms with Gasteiger partial charge in [-0.2, -0.15) is 0 Å². The molecule has 0 N–H and O–H groups in total. The van der Waals surface area contributed by atoms with Gasteiger partial charge in [0.25, 0.3) is 5.91 Å². The summed E-state index contributed by atoms with van der Waals surface area (Å²) in [5.74, 6) is 40.9. The molecule has 0 saturated heterocycles. The van der Waals surface area contributed by atoms with E-state index in [0.717, 1.165) is 38.1 Å². The van der Waals surface area contributed by atoms with Crippen molar-refractivity contribution in [3.05, 3.63) is 0 Å². The summed E-state index contributed by atoms with van der Waals surface area (Å²) in [6, 6.07) is 1.99. The standard InChI is InChI=1S/C32H37NO3Si2/c1-8-11-12-13-14-15-16-17-18-19-20-21-22-23-24-27-32(34)33(28-25-30-37(4,5)35-9-2)29-26-31-38(6,7)36-10-3/h9-10,25-26,28-31H2,1-7H3. The molecule has 0 heterocycles. The molecule has 0 aliphatic heterocycles. The molecule has 0 aromatic heterocycles. The van der Waals surface area contributed by atoms with Gasteiger partial charge in [-0.3, -0.25) is 4.79 Å². The Kier molecular flexibility index (Phi) is 19.3. The third-order valence-corrected chi connectivity index (χ3v) is 10.1. The van der Waals surface area contributed by atoms with Crippen molar-refractivity contribution >= 4 is 22.5 Å². The SMILES string of the molecule is CC#CC#CC#CC#CC#CC#CC#CC#CC(=O)N(CCC[Si](C)(C)OCC)CCC[Si](C)(C)OCC. The van der Waals surface area contributed by atoms with Crippen molar-refractivity contribution < 1.29 is 13.6 Å². The Bertz CT molecular complexity index is 1260. The molecule has 0 radical (unpaired) electrons. The molecule has 1 amide bonds. The highest BCUT2D eigenvalue weighted by Crippen LogP contribution is 2.16. The van der Waals surface area contributed by atoms with Crippen LogP contribution in [0.2, 0.25) is 38.3 Å². The van der Waals surface area contributed by atoms with Crippen LogP contribution in [0.1, 0.15) is 33.6 Å². The lowest BCUT2D eigenvalue weighted by molar-refractivity contribution is -0.125. The summed E-state index contributed by atoms with van der Waals surface area (Å²) < 4.78 is 11.8. The Labute approximate surface area is 233 Å². The zero-order valence-corrected chi connectivity index (χ0v) is 25.8. The molecule has 196 valence electrons. The zero-order valence-electron chi connectivity index (χ0n) is 23.8. The lowest BCUT2D eigenvalue weighted by Gasteiger charge is -2.26. The van der Waals surface area contributed by atoms with Crippen molar-refractivity contribution in [2.24, 2.45) is 0 Å². The quantitative estimate of drug-likeness (QED) is 0.277. The summed E-state index contributed by atoms with van der Waals surface area (Å²) in [4.78, 5) is 14.6. The van der Waals surface area contributed by atoms with Crippen LogP contribution in [0.15, 0.2) is 0 Å². The van der Waals surface area contributed by atoms with E-state index in [-0.39, 0.29) is 5.91 Å². The van der Waals surface area contributed by atoms with Crippen LogP contribution in [0.25, 0.3) is 0 Å². The maximum absolute atomic E-state index is 12.8. The van der Waals surface area contributed by atoms with Crippen molar-refractivity contribution in [3.8, 4) is 94.7 Å². The molecule has 0 aliphatic carbocycles. The molecule has 0 aromatic carbocycles. The fraction of sp³-hybridized carbons (Fsp3) is 0.469. The van der Waals surface area contributed by atoms with Crippen molar-refractivity contribution in [2.75, 3.05) is 26.3 Å². The lowest BCUT2D eigenvalue weighted by atomic mass is 10.3. The van der Waals surface area contributed by atoms with Crippen LogP contribution in [-0.2, 0) is 13.6 Å². The molecule has 0 bridgehead atoms. The van der Waals surface area contributed by atoms with Crippen molar-refractivity contribution in [2.45, 2.75) is 71.9 Å². The van der Waals surface area contributed by atoms with E-state index in [4.69, 9.17) is 8.85 Å². The second kappa shape index (κ2) is 21.4. The van der Waals surface area contributed by atoms with Gasteiger partial charge in [0.1, 0.15) is 0 Å². The fourth-order valence-electron chi connectivity index (χ4n) is 3.23. The summed E-state index contributed by atoms with van der Waals surface area (Å²) in [6.07, 6.45) is 1.79. The number of carbonyl (C=O) groups excluding carboxylic acids is 1. The van der Waals surface area contributed by atoms with Crippen LogP contribution >= 0.6 is 0 Å². The number of hydrogen-bond acceptors (Lipinski definition) is 3. The van der Waals surface area contributed by atoms with Crippen LogP contribution in [-0.4, -0.2) is 53.7 Å². The van der Waals surface area contributed by atoms with E-state index in [9.17, 15) is 4.79 Å². The average molecular weight is 540 g/mol. The van der Waals surface area contributed by atoms with Gasteiger partial charge in [0, 0.05) is 32.2 Å². The fourth-order valence-corrected chi connectivity index (χ4v) is 7.10. The summed E-state index contributed by atoms with van der Waals surface area (Å²) in [5.41, 5.74) is 0. The summed E-state index contributed by atoms with van der Waals surface area (Å²) in [6.45, 7) is 17.3. The molecule has 0 unspecified atom stereocenters. The minimum atomic E-state index is -1.70. The molecule has 0 rings (SSSR count). The monoisotopic (exact) mass is 539 g/mol. The maximum atomic E-state index is 12.8. The lowest BCUT2D eigenvalue weighted by Crippen LogP contribution is -2.36. The van der Waals surface area contributed by atoms with E-state index in [2.05, 4.69) is 121 Å². The van der Waals surface area contributed by atoms with Crippen LogP contribution in [0, 0.1) is 94.7 Å². The van der Waals surface area contributed by atoms with Gasteiger partial charge >= 0.3 is 0 Å². The molecule has 0 aromatic rings. The van der Waals surface area contributed by atoms with Gasteiger partial charge in [0.15, 0.2) is 16.6 Å². The number of carbonyl (C=O) groups is 1. The third-order valence-electron chi connectivity index (χ3n) is 4.88. The first kappa shape index (κ1) is 34.3. The first-order valence-electron chi connectivity index (χ1n) is 12.7. The molecular formula is C32H37NO3Si2. The maximum Gasteiger partial charge on any atom is 0.299 e. The minimum Gasteiger partial charge on any atom is -0.418 e. The van der Waals surface area contributed by atoms with Gasteiger partial charge in [0.05, 0.1) is 0 Å². The van der Waals surface area contributed by atoms with Crippen molar-refractivity contribution in [1.29, 1.82) is 0 Å². The number of nitrogens with zero attached hydrogens (tertiary/aromatic N) is 1. The van der Waals surface area contributed by atoms with Gasteiger partial charge in [-0.05, 0) is 155 Å². The molecule has 6 heteroatoms. The van der Waals surface area contributed by atoms with E-state index in [0.29, 0.717) is 13.1 Å². The van der Waals surface area contributed by atoms with E-state index >= 15 is 0 Å². The topological polar surface area (TPSA) is 38.8 Å². The Hall–Kier alpha value is -3.70. The predicted octanol–water partition coefficient (Wildman–Crippen LogP) is 4.13. The van der Waals surface area contributed by atoms with Gasteiger partial charge in [-0.15, -0.1) is 0 Å². The van der Waals surface area contributed by atoms with Gasteiger partial charge in [0.2, 0.25) is 0 Å². The molecule has 4 nitrogen and oxygen atoms in total. The van der Waals surface area contributed by atoms with Crippen LogP contribution in [0.5, 0.6) is 0 Å². The van der Waals surface area contributed by atoms with E-state index < -0.39 is 16.6 Å². The highest BCUT2D eigenvalue weighted by atomic mass is 28.4. The molecule has 0 aliphatic rings. The second-order valence-electron chi connectivity index (χ2n) is 9.01. The first-order chi connectivity index (χ1) is 18.2. The molecule has 0 atom stereocenters. The van der Waals surface area contributed by atoms with Crippen LogP contribution in [0.3, 0.4) is 0 Å². The number of rotatable bonds is 12. The number of hydrogen-bond donors (Lipinski definition) is 0. The zero-order chi connectivity index (χ0) is 28.5.